The van der Waals surface area contributed by atoms with Crippen LogP contribution in [0.1, 0.15) is 16.8 Å². The minimum Gasteiger partial charge on any atom is -0.487 e. The van der Waals surface area contributed by atoms with Crippen LogP contribution in [0, 0.1) is 11.6 Å². The van der Waals surface area contributed by atoms with Gasteiger partial charge in [0, 0.05) is 18.8 Å². The van der Waals surface area contributed by atoms with Gasteiger partial charge in [-0.2, -0.15) is 0 Å². The van der Waals surface area contributed by atoms with Crippen LogP contribution < -0.4 is 10.1 Å². The zero-order valence-corrected chi connectivity index (χ0v) is 14.3. The molecular formula is C21H20F2N2O. The molecule has 1 heterocycles. The van der Waals surface area contributed by atoms with E-state index >= 15 is 0 Å². The van der Waals surface area contributed by atoms with Crippen molar-refractivity contribution in [2.45, 2.75) is 19.6 Å². The standard InChI is InChI=1S/C21H20F2N2O/c22-18-8-7-17(21(23)13-18)9-11-24-14-16-4-3-6-20(12-16)26-15-19-5-1-2-10-25-19/h1-8,10,12-13,24H,9,11,14-15H2. The van der Waals surface area contributed by atoms with Crippen LogP contribution in [0.25, 0.3) is 0 Å². The molecular weight excluding hydrogens is 334 g/mol. The van der Waals surface area contributed by atoms with Gasteiger partial charge in [0.25, 0.3) is 0 Å². The van der Waals surface area contributed by atoms with Crippen LogP contribution in [0.2, 0.25) is 0 Å². The average molecular weight is 354 g/mol. The fourth-order valence-corrected chi connectivity index (χ4v) is 2.57. The number of aromatic nitrogens is 1. The molecule has 0 bridgehead atoms. The Morgan fingerprint density at radius 1 is 0.962 bits per heavy atom. The van der Waals surface area contributed by atoms with Crippen molar-refractivity contribution in [3.05, 3.63) is 95.3 Å². The molecule has 0 aliphatic carbocycles. The Balaban J connectivity index is 1.46. The normalized spacial score (nSPS) is 10.7. The van der Waals surface area contributed by atoms with Gasteiger partial charge in [-0.05, 0) is 54.4 Å². The van der Waals surface area contributed by atoms with Gasteiger partial charge in [-0.15, -0.1) is 0 Å². The number of nitrogens with zero attached hydrogens (tertiary/aromatic N) is 1. The summed E-state index contributed by atoms with van der Waals surface area (Å²) < 4.78 is 32.2. The van der Waals surface area contributed by atoms with E-state index in [9.17, 15) is 8.78 Å². The number of nitrogens with one attached hydrogen (secondary N) is 1. The van der Waals surface area contributed by atoms with Gasteiger partial charge >= 0.3 is 0 Å². The number of rotatable bonds is 8. The van der Waals surface area contributed by atoms with Crippen molar-refractivity contribution >= 4 is 0 Å². The van der Waals surface area contributed by atoms with Crippen molar-refractivity contribution in [1.82, 2.24) is 10.3 Å². The van der Waals surface area contributed by atoms with Gasteiger partial charge in [-0.3, -0.25) is 4.98 Å². The lowest BCUT2D eigenvalue weighted by atomic mass is 10.1. The highest BCUT2D eigenvalue weighted by Crippen LogP contribution is 2.15. The maximum absolute atomic E-state index is 13.6. The second-order valence-corrected chi connectivity index (χ2v) is 5.92. The van der Waals surface area contributed by atoms with Gasteiger partial charge in [0.05, 0.1) is 5.69 Å². The lowest BCUT2D eigenvalue weighted by molar-refractivity contribution is 0.301. The fourth-order valence-electron chi connectivity index (χ4n) is 2.57. The summed E-state index contributed by atoms with van der Waals surface area (Å²) in [6.07, 6.45) is 2.24. The van der Waals surface area contributed by atoms with Gasteiger partial charge in [0.15, 0.2) is 0 Å². The summed E-state index contributed by atoms with van der Waals surface area (Å²) in [5.74, 6) is -0.280. The predicted molar refractivity (Wildman–Crippen MR) is 96.8 cm³/mol. The summed E-state index contributed by atoms with van der Waals surface area (Å²) in [4.78, 5) is 4.23. The van der Waals surface area contributed by atoms with E-state index in [1.54, 1.807) is 6.20 Å². The summed E-state index contributed by atoms with van der Waals surface area (Å²) in [7, 11) is 0. The molecule has 134 valence electrons. The highest BCUT2D eigenvalue weighted by Gasteiger charge is 2.04. The Bertz CT molecular complexity index is 840. The zero-order valence-electron chi connectivity index (χ0n) is 14.3. The Labute approximate surface area is 151 Å². The molecule has 3 nitrogen and oxygen atoms in total. The summed E-state index contributed by atoms with van der Waals surface area (Å²) in [5, 5.41) is 3.26. The van der Waals surface area contributed by atoms with E-state index in [-0.39, 0.29) is 0 Å². The highest BCUT2D eigenvalue weighted by atomic mass is 19.1. The van der Waals surface area contributed by atoms with Gasteiger partial charge in [0.2, 0.25) is 0 Å². The molecule has 1 aromatic heterocycles. The van der Waals surface area contributed by atoms with Crippen LogP contribution in [0.5, 0.6) is 5.75 Å². The molecule has 0 spiro atoms. The first-order valence-electron chi connectivity index (χ1n) is 8.47. The molecule has 0 aliphatic heterocycles. The molecule has 3 rings (SSSR count). The molecule has 0 fully saturated rings. The molecule has 0 aliphatic rings. The van der Waals surface area contributed by atoms with Crippen molar-refractivity contribution in [3.63, 3.8) is 0 Å². The van der Waals surface area contributed by atoms with Crippen LogP contribution in [0.15, 0.2) is 66.9 Å². The molecule has 0 unspecified atom stereocenters. The van der Waals surface area contributed by atoms with Crippen LogP contribution in [-0.4, -0.2) is 11.5 Å². The van der Waals surface area contributed by atoms with E-state index in [0.29, 0.717) is 31.7 Å². The average Bonchev–Trinajstić information content (AvgIpc) is 2.66. The molecule has 3 aromatic rings. The van der Waals surface area contributed by atoms with Gasteiger partial charge in [0.1, 0.15) is 24.0 Å². The Morgan fingerprint density at radius 2 is 1.88 bits per heavy atom. The first-order valence-corrected chi connectivity index (χ1v) is 8.47. The fraction of sp³-hybridized carbons (Fsp3) is 0.190. The van der Waals surface area contributed by atoms with E-state index in [1.165, 1.54) is 12.1 Å². The molecule has 26 heavy (non-hydrogen) atoms. The maximum Gasteiger partial charge on any atom is 0.130 e. The Kier molecular flexibility index (Phi) is 6.28. The zero-order chi connectivity index (χ0) is 18.2. The molecule has 2 aromatic carbocycles. The second kappa shape index (κ2) is 9.06. The van der Waals surface area contributed by atoms with Crippen LogP contribution in [0.3, 0.4) is 0 Å². The minimum absolute atomic E-state index is 0.418. The summed E-state index contributed by atoms with van der Waals surface area (Å²) in [6.45, 7) is 1.66. The minimum atomic E-state index is -0.554. The first kappa shape index (κ1) is 18.0. The lowest BCUT2D eigenvalue weighted by Gasteiger charge is -2.09. The molecule has 0 atom stereocenters. The monoisotopic (exact) mass is 354 g/mol. The molecule has 0 amide bonds. The third kappa shape index (κ3) is 5.36. The van der Waals surface area contributed by atoms with Crippen molar-refractivity contribution < 1.29 is 13.5 Å². The van der Waals surface area contributed by atoms with Crippen LogP contribution >= 0.6 is 0 Å². The van der Waals surface area contributed by atoms with Crippen LogP contribution in [-0.2, 0) is 19.6 Å². The van der Waals surface area contributed by atoms with Gasteiger partial charge < -0.3 is 10.1 Å². The summed E-state index contributed by atoms with van der Waals surface area (Å²) in [6, 6.07) is 17.2. The lowest BCUT2D eigenvalue weighted by Crippen LogP contribution is -2.17. The number of benzene rings is 2. The topological polar surface area (TPSA) is 34.1 Å². The maximum atomic E-state index is 13.6. The number of ether oxygens (including phenoxy) is 1. The van der Waals surface area contributed by atoms with Crippen molar-refractivity contribution in [1.29, 1.82) is 0 Å². The van der Waals surface area contributed by atoms with Crippen molar-refractivity contribution in [3.8, 4) is 5.75 Å². The summed E-state index contributed by atoms with van der Waals surface area (Å²) >= 11 is 0. The Morgan fingerprint density at radius 3 is 2.69 bits per heavy atom. The molecule has 5 heteroatoms. The molecule has 0 saturated heterocycles. The van der Waals surface area contributed by atoms with Gasteiger partial charge in [-0.1, -0.05) is 24.3 Å². The largest absolute Gasteiger partial charge is 0.487 e. The number of pyridine rings is 1. The SMILES string of the molecule is Fc1ccc(CCNCc2cccc(OCc3ccccn3)c2)c(F)c1. The number of hydrogen-bond donors (Lipinski definition) is 1. The second-order valence-electron chi connectivity index (χ2n) is 5.92. The predicted octanol–water partition coefficient (Wildman–Crippen LogP) is 4.27. The van der Waals surface area contributed by atoms with E-state index in [0.717, 1.165) is 23.1 Å². The van der Waals surface area contributed by atoms with E-state index < -0.39 is 11.6 Å². The van der Waals surface area contributed by atoms with E-state index in [2.05, 4.69) is 10.3 Å². The van der Waals surface area contributed by atoms with Gasteiger partial charge in [-0.25, -0.2) is 8.78 Å². The molecule has 0 radical (unpaired) electrons. The quantitative estimate of drug-likeness (QED) is 0.614. The third-order valence-corrected chi connectivity index (χ3v) is 3.93. The molecule has 1 N–H and O–H groups in total. The number of halogens is 2. The molecule has 0 saturated carbocycles. The highest BCUT2D eigenvalue weighted by molar-refractivity contribution is 5.28. The number of hydrogen-bond acceptors (Lipinski definition) is 3. The van der Waals surface area contributed by atoms with Crippen molar-refractivity contribution in [2.75, 3.05) is 6.54 Å². The third-order valence-electron chi connectivity index (χ3n) is 3.93. The van der Waals surface area contributed by atoms with E-state index in [4.69, 9.17) is 4.74 Å². The smallest absolute Gasteiger partial charge is 0.130 e. The Hall–Kier alpha value is -2.79. The first-order chi connectivity index (χ1) is 12.7. The summed E-state index contributed by atoms with van der Waals surface area (Å²) in [5.41, 5.74) is 2.45. The van der Waals surface area contributed by atoms with E-state index in [1.807, 2.05) is 42.5 Å². The van der Waals surface area contributed by atoms with Crippen LogP contribution in [0.4, 0.5) is 8.78 Å². The van der Waals surface area contributed by atoms with Crippen molar-refractivity contribution in [2.24, 2.45) is 0 Å².